The standard InChI is InChI=1S/C13H17F3N2O/c1-5-6-17-11(9(2)3)18-7-12(14,10(4)19)13(15,16)8-18/h5-6H,2,7-8H2,1,3-4H3/b6-5-,17-11+/t12-/m0/s1. The Labute approximate surface area is 110 Å². The summed E-state index contributed by atoms with van der Waals surface area (Å²) in [6.07, 6.45) is 3.03. The number of alkyl halides is 3. The van der Waals surface area contributed by atoms with Crippen LogP contribution in [0.15, 0.2) is 29.4 Å². The second-order valence-electron chi connectivity index (χ2n) is 4.63. The zero-order chi connectivity index (χ0) is 14.8. The van der Waals surface area contributed by atoms with Gasteiger partial charge in [-0.2, -0.15) is 0 Å². The summed E-state index contributed by atoms with van der Waals surface area (Å²) in [6, 6.07) is 0. The maximum absolute atomic E-state index is 14.2. The maximum atomic E-state index is 14.2. The number of aliphatic imine (C=N–C) groups is 1. The molecule has 3 nitrogen and oxygen atoms in total. The minimum Gasteiger partial charge on any atom is -0.346 e. The van der Waals surface area contributed by atoms with E-state index in [0.717, 1.165) is 11.8 Å². The molecular weight excluding hydrogens is 257 g/mol. The normalized spacial score (nSPS) is 27.1. The van der Waals surface area contributed by atoms with E-state index in [1.54, 1.807) is 19.9 Å². The van der Waals surface area contributed by atoms with E-state index in [0.29, 0.717) is 5.57 Å². The molecule has 1 heterocycles. The lowest BCUT2D eigenvalue weighted by Crippen LogP contribution is -2.48. The van der Waals surface area contributed by atoms with Gasteiger partial charge in [0.15, 0.2) is 5.78 Å². The Morgan fingerprint density at radius 2 is 1.89 bits per heavy atom. The zero-order valence-corrected chi connectivity index (χ0v) is 11.2. The maximum Gasteiger partial charge on any atom is 0.307 e. The fraction of sp³-hybridized carbons (Fsp3) is 0.538. The van der Waals surface area contributed by atoms with Crippen LogP contribution in [0.2, 0.25) is 0 Å². The van der Waals surface area contributed by atoms with Crippen LogP contribution >= 0.6 is 0 Å². The first-order valence-electron chi connectivity index (χ1n) is 5.83. The van der Waals surface area contributed by atoms with Crippen molar-refractivity contribution in [2.24, 2.45) is 4.99 Å². The number of carbonyl (C=O) groups is 1. The molecule has 1 fully saturated rings. The number of hydrogen-bond donors (Lipinski definition) is 0. The number of amidine groups is 1. The zero-order valence-electron chi connectivity index (χ0n) is 11.2. The van der Waals surface area contributed by atoms with Gasteiger partial charge in [0.2, 0.25) is 5.67 Å². The highest BCUT2D eigenvalue weighted by Gasteiger charge is 2.65. The molecule has 0 aromatic rings. The summed E-state index contributed by atoms with van der Waals surface area (Å²) in [5.41, 5.74) is -2.74. The first-order valence-corrected chi connectivity index (χ1v) is 5.83. The minimum absolute atomic E-state index is 0.165. The first kappa shape index (κ1) is 15.5. The summed E-state index contributed by atoms with van der Waals surface area (Å²) >= 11 is 0. The van der Waals surface area contributed by atoms with Gasteiger partial charge in [-0.25, -0.2) is 18.2 Å². The Balaban J connectivity index is 3.13. The fourth-order valence-corrected chi connectivity index (χ4v) is 1.93. The largest absolute Gasteiger partial charge is 0.346 e. The highest BCUT2D eigenvalue weighted by Crippen LogP contribution is 2.41. The lowest BCUT2D eigenvalue weighted by molar-refractivity contribution is -0.150. The average Bonchev–Trinajstić information content (AvgIpc) is 2.51. The second kappa shape index (κ2) is 5.19. The molecule has 0 unspecified atom stereocenters. The molecule has 1 atom stereocenters. The third-order valence-corrected chi connectivity index (χ3v) is 2.96. The van der Waals surface area contributed by atoms with E-state index in [9.17, 15) is 18.0 Å². The van der Waals surface area contributed by atoms with Crippen LogP contribution in [0.5, 0.6) is 0 Å². The van der Waals surface area contributed by atoms with Crippen molar-refractivity contribution in [1.82, 2.24) is 4.90 Å². The van der Waals surface area contributed by atoms with E-state index >= 15 is 0 Å². The Morgan fingerprint density at radius 3 is 2.26 bits per heavy atom. The van der Waals surface area contributed by atoms with Crippen molar-refractivity contribution in [3.8, 4) is 0 Å². The summed E-state index contributed by atoms with van der Waals surface area (Å²) in [5.74, 6) is -4.74. The van der Waals surface area contributed by atoms with E-state index < -0.39 is 30.5 Å². The van der Waals surface area contributed by atoms with Gasteiger partial charge in [-0.3, -0.25) is 4.79 Å². The van der Waals surface area contributed by atoms with Gasteiger partial charge in [-0.05, 0) is 26.3 Å². The molecule has 0 bridgehead atoms. The molecule has 0 amide bonds. The average molecular weight is 274 g/mol. The van der Waals surface area contributed by atoms with E-state index in [4.69, 9.17) is 0 Å². The molecule has 0 aromatic carbocycles. The van der Waals surface area contributed by atoms with Crippen molar-refractivity contribution in [3.05, 3.63) is 24.4 Å². The van der Waals surface area contributed by atoms with Gasteiger partial charge in [0.25, 0.3) is 0 Å². The lowest BCUT2D eigenvalue weighted by Gasteiger charge is -2.22. The second-order valence-corrected chi connectivity index (χ2v) is 4.63. The van der Waals surface area contributed by atoms with Crippen LogP contribution in [0.3, 0.4) is 0 Å². The third kappa shape index (κ3) is 2.72. The molecule has 0 aromatic heterocycles. The van der Waals surface area contributed by atoms with Gasteiger partial charge in [-0.15, -0.1) is 0 Å². The van der Waals surface area contributed by atoms with Crippen LogP contribution in [0.25, 0.3) is 0 Å². The SMILES string of the molecule is C=C(C)/C(=N\C=C/C)N1CC(F)(F)[C@@](F)(C(C)=O)C1. The highest BCUT2D eigenvalue weighted by atomic mass is 19.3. The molecule has 0 radical (unpaired) electrons. The van der Waals surface area contributed by atoms with Gasteiger partial charge in [0, 0.05) is 6.20 Å². The number of Topliss-reactive ketones (excluding diaryl/α,β-unsaturated/α-hetero) is 1. The monoisotopic (exact) mass is 274 g/mol. The van der Waals surface area contributed by atoms with Crippen molar-refractivity contribution < 1.29 is 18.0 Å². The van der Waals surface area contributed by atoms with E-state index in [-0.39, 0.29) is 5.84 Å². The predicted octanol–water partition coefficient (Wildman–Crippen LogP) is 2.74. The summed E-state index contributed by atoms with van der Waals surface area (Å²) in [4.78, 5) is 16.2. The number of rotatable bonds is 3. The summed E-state index contributed by atoms with van der Waals surface area (Å²) in [7, 11) is 0. The summed E-state index contributed by atoms with van der Waals surface area (Å²) in [5, 5.41) is 0. The van der Waals surface area contributed by atoms with Crippen molar-refractivity contribution in [1.29, 1.82) is 0 Å². The van der Waals surface area contributed by atoms with Crippen LogP contribution in [0.1, 0.15) is 20.8 Å². The summed E-state index contributed by atoms with van der Waals surface area (Å²) < 4.78 is 41.6. The van der Waals surface area contributed by atoms with Crippen LogP contribution in [-0.2, 0) is 4.79 Å². The van der Waals surface area contributed by atoms with Crippen molar-refractivity contribution in [3.63, 3.8) is 0 Å². The lowest BCUT2D eigenvalue weighted by atomic mass is 9.97. The number of likely N-dealkylation sites (tertiary alicyclic amines) is 1. The van der Waals surface area contributed by atoms with Gasteiger partial charge in [-0.1, -0.05) is 12.7 Å². The van der Waals surface area contributed by atoms with Crippen molar-refractivity contribution in [2.45, 2.75) is 32.4 Å². The smallest absolute Gasteiger partial charge is 0.307 e. The number of allylic oxidation sites excluding steroid dienone is 1. The number of ketones is 1. The highest BCUT2D eigenvalue weighted by molar-refractivity contribution is 5.99. The van der Waals surface area contributed by atoms with Crippen LogP contribution in [-0.4, -0.2) is 41.2 Å². The fourth-order valence-electron chi connectivity index (χ4n) is 1.93. The van der Waals surface area contributed by atoms with Gasteiger partial charge in [0.1, 0.15) is 5.84 Å². The van der Waals surface area contributed by atoms with Crippen molar-refractivity contribution in [2.75, 3.05) is 13.1 Å². The molecule has 6 heteroatoms. The third-order valence-electron chi connectivity index (χ3n) is 2.96. The quantitative estimate of drug-likeness (QED) is 0.585. The van der Waals surface area contributed by atoms with E-state index in [1.165, 1.54) is 6.20 Å². The summed E-state index contributed by atoms with van der Waals surface area (Å²) in [6.45, 7) is 6.18. The molecule has 0 aliphatic carbocycles. The molecule has 106 valence electrons. The first-order chi connectivity index (χ1) is 8.65. The van der Waals surface area contributed by atoms with Crippen LogP contribution in [0, 0.1) is 0 Å². The topological polar surface area (TPSA) is 32.7 Å². The number of halogens is 3. The molecule has 1 rings (SSSR count). The molecule has 0 spiro atoms. The Kier molecular flexibility index (Phi) is 4.22. The van der Waals surface area contributed by atoms with Gasteiger partial charge < -0.3 is 4.90 Å². The van der Waals surface area contributed by atoms with E-state index in [2.05, 4.69) is 11.6 Å². The Bertz CT molecular complexity index is 457. The Hall–Kier alpha value is -1.59. The number of carbonyl (C=O) groups excluding carboxylic acids is 1. The van der Waals surface area contributed by atoms with Gasteiger partial charge in [0.05, 0.1) is 13.1 Å². The van der Waals surface area contributed by atoms with Crippen LogP contribution < -0.4 is 0 Å². The molecule has 19 heavy (non-hydrogen) atoms. The molecule has 1 saturated heterocycles. The van der Waals surface area contributed by atoms with Gasteiger partial charge >= 0.3 is 5.92 Å². The number of hydrogen-bond acceptors (Lipinski definition) is 2. The molecular formula is C13H17F3N2O. The minimum atomic E-state index is -3.73. The van der Waals surface area contributed by atoms with Crippen LogP contribution in [0.4, 0.5) is 13.2 Å². The molecule has 1 aliphatic rings. The molecule has 0 saturated carbocycles. The predicted molar refractivity (Wildman–Crippen MR) is 68.1 cm³/mol. The Morgan fingerprint density at radius 1 is 1.32 bits per heavy atom. The number of nitrogens with zero attached hydrogens (tertiary/aromatic N) is 2. The molecule has 0 N–H and O–H groups in total. The van der Waals surface area contributed by atoms with E-state index in [1.807, 2.05) is 0 Å². The van der Waals surface area contributed by atoms with Crippen molar-refractivity contribution >= 4 is 11.6 Å². The molecule has 1 aliphatic heterocycles.